The summed E-state index contributed by atoms with van der Waals surface area (Å²) >= 11 is 0. The third-order valence-electron chi connectivity index (χ3n) is 1.29. The Morgan fingerprint density at radius 2 is 1.80 bits per heavy atom. The first kappa shape index (κ1) is 16.7. The van der Waals surface area contributed by atoms with Gasteiger partial charge in [0.25, 0.3) is 10.1 Å². The summed E-state index contributed by atoms with van der Waals surface area (Å²) in [6, 6.07) is -0.716. The van der Waals surface area contributed by atoms with E-state index < -0.39 is 22.1 Å². The summed E-state index contributed by atoms with van der Waals surface area (Å²) in [5, 5.41) is 8.33. The van der Waals surface area contributed by atoms with Crippen LogP contribution < -0.4 is 11.5 Å². The second-order valence-electron chi connectivity index (χ2n) is 2.96. The minimum absolute atomic E-state index is 0.520. The van der Waals surface area contributed by atoms with Gasteiger partial charge in [0.05, 0.1) is 6.26 Å². The van der Waals surface area contributed by atoms with Crippen molar-refractivity contribution >= 4 is 16.1 Å². The zero-order valence-electron chi connectivity index (χ0n) is 8.59. The first-order valence-electron chi connectivity index (χ1n) is 4.29. The maximum Gasteiger partial charge on any atom is 0.320 e. The topological polar surface area (TPSA) is 144 Å². The van der Waals surface area contributed by atoms with Gasteiger partial charge in [-0.1, -0.05) is 6.42 Å². The van der Waals surface area contributed by atoms with E-state index >= 15 is 0 Å². The van der Waals surface area contributed by atoms with Crippen LogP contribution in [0.15, 0.2) is 0 Å². The summed E-state index contributed by atoms with van der Waals surface area (Å²) in [5.74, 6) is -0.933. The van der Waals surface area contributed by atoms with Crippen LogP contribution in [-0.4, -0.2) is 42.9 Å². The molecule has 0 rings (SSSR count). The van der Waals surface area contributed by atoms with E-state index in [1.165, 1.54) is 0 Å². The molecule has 8 heteroatoms. The summed E-state index contributed by atoms with van der Waals surface area (Å²) in [6.45, 7) is 0.604. The molecule has 0 fully saturated rings. The number of carbonyl (C=O) groups is 1. The molecule has 15 heavy (non-hydrogen) atoms. The molecule has 0 aromatic rings. The van der Waals surface area contributed by atoms with Gasteiger partial charge in [0.15, 0.2) is 0 Å². The zero-order chi connectivity index (χ0) is 12.5. The standard InChI is InChI=1S/C6H14N2O2.CH4O3S/c7-4-2-1-3-5(8)6(9)10;1-5(2,3)4/h5H,1-4,7-8H2,(H,9,10);1H3,(H,2,3,4). The Kier molecular flexibility index (Phi) is 9.58. The van der Waals surface area contributed by atoms with Crippen LogP contribution >= 0.6 is 0 Å². The third kappa shape index (κ3) is 24.7. The lowest BCUT2D eigenvalue weighted by molar-refractivity contribution is -0.138. The summed E-state index contributed by atoms with van der Waals surface area (Å²) in [5.41, 5.74) is 10.4. The Balaban J connectivity index is 0. The number of rotatable bonds is 5. The van der Waals surface area contributed by atoms with E-state index in [0.29, 0.717) is 19.2 Å². The van der Waals surface area contributed by atoms with Crippen molar-refractivity contribution < 1.29 is 22.9 Å². The van der Waals surface area contributed by atoms with E-state index in [-0.39, 0.29) is 0 Å². The van der Waals surface area contributed by atoms with Crippen LogP contribution in [-0.2, 0) is 14.9 Å². The molecule has 0 heterocycles. The molecule has 1 unspecified atom stereocenters. The molecule has 6 N–H and O–H groups in total. The molecule has 0 aromatic heterocycles. The molecular formula is C7H18N2O5S. The lowest BCUT2D eigenvalue weighted by Gasteiger charge is -2.03. The van der Waals surface area contributed by atoms with Gasteiger partial charge in [0.2, 0.25) is 0 Å². The van der Waals surface area contributed by atoms with Gasteiger partial charge >= 0.3 is 5.97 Å². The zero-order valence-corrected chi connectivity index (χ0v) is 9.40. The molecular weight excluding hydrogens is 224 g/mol. The van der Waals surface area contributed by atoms with Crippen LogP contribution in [0.4, 0.5) is 0 Å². The predicted molar refractivity (Wildman–Crippen MR) is 56.0 cm³/mol. The molecule has 92 valence electrons. The Morgan fingerprint density at radius 1 is 1.40 bits per heavy atom. The Labute approximate surface area is 89.2 Å². The van der Waals surface area contributed by atoms with Crippen LogP contribution in [0.1, 0.15) is 19.3 Å². The average molecular weight is 242 g/mol. The van der Waals surface area contributed by atoms with Gasteiger partial charge in [-0.25, -0.2) is 0 Å². The highest BCUT2D eigenvalue weighted by Crippen LogP contribution is 1.96. The van der Waals surface area contributed by atoms with E-state index in [1.807, 2.05) is 0 Å². The third-order valence-corrected chi connectivity index (χ3v) is 1.29. The highest BCUT2D eigenvalue weighted by molar-refractivity contribution is 7.85. The predicted octanol–water partition coefficient (Wildman–Crippen LogP) is -0.969. The molecule has 0 aliphatic carbocycles. The first-order chi connectivity index (χ1) is 6.68. The second kappa shape index (κ2) is 8.60. The molecule has 0 aliphatic heterocycles. The molecule has 0 amide bonds. The molecule has 0 aromatic carbocycles. The Bertz CT molecular complexity index is 257. The Morgan fingerprint density at radius 3 is 2.07 bits per heavy atom. The van der Waals surface area contributed by atoms with Crippen molar-refractivity contribution in [3.05, 3.63) is 0 Å². The smallest absolute Gasteiger partial charge is 0.320 e. The maximum atomic E-state index is 10.1. The van der Waals surface area contributed by atoms with Crippen molar-refractivity contribution in [3.63, 3.8) is 0 Å². The van der Waals surface area contributed by atoms with Gasteiger partial charge in [-0.2, -0.15) is 8.42 Å². The van der Waals surface area contributed by atoms with Crippen LogP contribution in [0, 0.1) is 0 Å². The van der Waals surface area contributed by atoms with Gasteiger partial charge in [-0.05, 0) is 19.4 Å². The second-order valence-corrected chi connectivity index (χ2v) is 4.43. The van der Waals surface area contributed by atoms with E-state index in [4.69, 9.17) is 21.1 Å². The molecule has 0 aliphatic rings. The average Bonchev–Trinajstić information content (AvgIpc) is 2.01. The lowest BCUT2D eigenvalue weighted by atomic mass is 10.1. The van der Waals surface area contributed by atoms with Gasteiger partial charge < -0.3 is 16.6 Å². The fraction of sp³-hybridized carbons (Fsp3) is 0.857. The van der Waals surface area contributed by atoms with Crippen molar-refractivity contribution in [1.82, 2.24) is 0 Å². The van der Waals surface area contributed by atoms with Gasteiger partial charge in [0, 0.05) is 0 Å². The number of nitrogens with two attached hydrogens (primary N) is 2. The lowest BCUT2D eigenvalue weighted by Crippen LogP contribution is -2.29. The fourth-order valence-corrected chi connectivity index (χ4v) is 0.632. The van der Waals surface area contributed by atoms with E-state index in [0.717, 1.165) is 12.8 Å². The van der Waals surface area contributed by atoms with E-state index in [9.17, 15) is 13.2 Å². The molecule has 0 radical (unpaired) electrons. The van der Waals surface area contributed by atoms with Crippen LogP contribution in [0.5, 0.6) is 0 Å². The van der Waals surface area contributed by atoms with E-state index in [1.54, 1.807) is 0 Å². The minimum Gasteiger partial charge on any atom is -0.480 e. The fourth-order valence-electron chi connectivity index (χ4n) is 0.632. The van der Waals surface area contributed by atoms with Gasteiger partial charge in [-0.15, -0.1) is 0 Å². The normalized spacial score (nSPS) is 12.5. The van der Waals surface area contributed by atoms with E-state index in [2.05, 4.69) is 0 Å². The monoisotopic (exact) mass is 242 g/mol. The molecule has 1 atom stereocenters. The SMILES string of the molecule is CS(=O)(=O)O.NCCCCC(N)C(=O)O. The largest absolute Gasteiger partial charge is 0.480 e. The number of carboxylic acid groups (broad SMARTS) is 1. The highest BCUT2D eigenvalue weighted by atomic mass is 32.2. The highest BCUT2D eigenvalue weighted by Gasteiger charge is 2.09. The van der Waals surface area contributed by atoms with Crippen LogP contribution in [0.2, 0.25) is 0 Å². The number of hydrogen-bond donors (Lipinski definition) is 4. The van der Waals surface area contributed by atoms with Crippen molar-refractivity contribution in [3.8, 4) is 0 Å². The Hall–Kier alpha value is -0.700. The van der Waals surface area contributed by atoms with Crippen molar-refractivity contribution in [2.24, 2.45) is 11.5 Å². The molecule has 0 saturated heterocycles. The number of aliphatic carboxylic acids is 1. The number of hydrogen-bond acceptors (Lipinski definition) is 5. The summed E-state index contributed by atoms with van der Waals surface area (Å²) < 4.78 is 25.9. The van der Waals surface area contributed by atoms with Gasteiger partial charge in [0.1, 0.15) is 6.04 Å². The number of unbranched alkanes of at least 4 members (excludes halogenated alkanes) is 1. The summed E-state index contributed by atoms with van der Waals surface area (Å²) in [4.78, 5) is 10.1. The van der Waals surface area contributed by atoms with Gasteiger partial charge in [-0.3, -0.25) is 9.35 Å². The van der Waals surface area contributed by atoms with Crippen molar-refractivity contribution in [1.29, 1.82) is 0 Å². The molecule has 0 spiro atoms. The quantitative estimate of drug-likeness (QED) is 0.358. The summed E-state index contributed by atoms with van der Waals surface area (Å²) in [6.07, 6.45) is 2.88. The van der Waals surface area contributed by atoms with Crippen LogP contribution in [0.3, 0.4) is 0 Å². The maximum absolute atomic E-state index is 10.1. The molecule has 0 bridgehead atoms. The van der Waals surface area contributed by atoms with Crippen LogP contribution in [0.25, 0.3) is 0 Å². The minimum atomic E-state index is -3.67. The summed E-state index contributed by atoms with van der Waals surface area (Å²) in [7, 11) is -3.67. The number of carboxylic acids is 1. The van der Waals surface area contributed by atoms with Crippen molar-refractivity contribution in [2.75, 3.05) is 12.8 Å². The molecule has 7 nitrogen and oxygen atoms in total. The first-order valence-corrected chi connectivity index (χ1v) is 6.14. The van der Waals surface area contributed by atoms with Crippen molar-refractivity contribution in [2.45, 2.75) is 25.3 Å². The molecule has 0 saturated carbocycles.